The van der Waals surface area contributed by atoms with Gasteiger partial charge < -0.3 is 0 Å². The van der Waals surface area contributed by atoms with Crippen molar-refractivity contribution in [3.63, 3.8) is 0 Å². The third kappa shape index (κ3) is 25.4. The van der Waals surface area contributed by atoms with Crippen molar-refractivity contribution in [3.05, 3.63) is 18.2 Å². The summed E-state index contributed by atoms with van der Waals surface area (Å²) in [6.45, 7) is 9.40. The first-order valence-electron chi connectivity index (χ1n) is 20.9. The highest BCUT2D eigenvalue weighted by atomic mass is 15.1. The average Bonchev–Trinajstić information content (AvgIpc) is 3.42. The van der Waals surface area contributed by atoms with Gasteiger partial charge in [0.15, 0.2) is 0 Å². The first-order valence-corrected chi connectivity index (χ1v) is 20.9. The van der Waals surface area contributed by atoms with Crippen LogP contribution in [0.4, 0.5) is 0 Å². The third-order valence-corrected chi connectivity index (χ3v) is 10.1. The van der Waals surface area contributed by atoms with Crippen molar-refractivity contribution in [2.24, 2.45) is 0 Å². The van der Waals surface area contributed by atoms with Crippen molar-refractivity contribution in [1.82, 2.24) is 4.57 Å². The molecule has 0 spiro atoms. The quantitative estimate of drug-likeness (QED) is 0.0524. The van der Waals surface area contributed by atoms with Gasteiger partial charge in [-0.2, -0.15) is 0 Å². The summed E-state index contributed by atoms with van der Waals surface area (Å²) in [5.41, 5.74) is 0. The van der Waals surface area contributed by atoms with Crippen LogP contribution in [0.5, 0.6) is 0 Å². The van der Waals surface area contributed by atoms with Crippen LogP contribution in [0.15, 0.2) is 12.4 Å². The number of hydrogen-bond donors (Lipinski definition) is 0. The molecule has 1 rings (SSSR count). The van der Waals surface area contributed by atoms with Gasteiger partial charge in [-0.3, -0.25) is 0 Å². The molecule has 1 heterocycles. The molecule has 0 bridgehead atoms. The third-order valence-electron chi connectivity index (χ3n) is 10.1. The predicted molar refractivity (Wildman–Crippen MR) is 198 cm³/mol. The largest absolute Gasteiger partial charge is 0.256 e. The molecule has 2 heteroatoms. The summed E-state index contributed by atoms with van der Waals surface area (Å²) in [6, 6.07) is 0. The topological polar surface area (TPSA) is 8.81 Å². The summed E-state index contributed by atoms with van der Waals surface area (Å²) in [6.07, 6.45) is 53.4. The minimum atomic E-state index is 1.23. The Kier molecular flexibility index (Phi) is 31.5. The van der Waals surface area contributed by atoms with Crippen molar-refractivity contribution >= 4 is 0 Å². The maximum Gasteiger partial charge on any atom is 0.256 e. The molecular weight excluding hydrogens is 532 g/mol. The summed E-state index contributed by atoms with van der Waals surface area (Å²) in [5.74, 6) is 1.62. The molecule has 0 amide bonds. The molecule has 0 N–H and O–H groups in total. The van der Waals surface area contributed by atoms with Gasteiger partial charge in [0.2, 0.25) is 0 Å². The normalized spacial score (nSPS) is 11.6. The van der Waals surface area contributed by atoms with E-state index in [2.05, 4.69) is 42.3 Å². The minimum absolute atomic E-state index is 1.23. The molecule has 2 nitrogen and oxygen atoms in total. The lowest BCUT2D eigenvalue weighted by Gasteiger charge is -2.07. The van der Waals surface area contributed by atoms with E-state index < -0.39 is 0 Å². The molecule has 260 valence electrons. The monoisotopic (exact) mass is 616 g/mol. The molecule has 1 aromatic heterocycles. The van der Waals surface area contributed by atoms with E-state index in [1.54, 1.807) is 5.82 Å². The van der Waals surface area contributed by atoms with Gasteiger partial charge in [-0.05, 0) is 32.1 Å². The van der Waals surface area contributed by atoms with Crippen LogP contribution in [0.3, 0.4) is 0 Å². The number of unbranched alkanes of at least 4 members (excludes halogenated alkanes) is 30. The van der Waals surface area contributed by atoms with E-state index in [4.69, 9.17) is 0 Å². The Morgan fingerprint density at radius 3 is 1.09 bits per heavy atom. The fourth-order valence-corrected chi connectivity index (χ4v) is 7.03. The smallest absolute Gasteiger partial charge is 0.234 e. The lowest BCUT2D eigenvalue weighted by Crippen LogP contribution is -2.37. The van der Waals surface area contributed by atoms with Crippen molar-refractivity contribution < 1.29 is 4.57 Å². The summed E-state index contributed by atoms with van der Waals surface area (Å²) in [5, 5.41) is 0. The molecule has 44 heavy (non-hydrogen) atoms. The number of rotatable bonds is 36. The summed E-state index contributed by atoms with van der Waals surface area (Å²) in [7, 11) is 0. The second kappa shape index (κ2) is 33.6. The van der Waals surface area contributed by atoms with E-state index in [0.29, 0.717) is 0 Å². The standard InChI is InChI=1S/C42H83N2/c1-4-7-10-13-16-19-20-21-22-23-24-25-26-28-31-34-37-42-43(38-35-32-29-18-15-12-9-6-3)40-41-44(42)39-36-33-30-27-17-14-11-8-5-2/h40-41H,4-39H2,1-3H3/q+1. The van der Waals surface area contributed by atoms with Crippen molar-refractivity contribution in [3.8, 4) is 0 Å². The maximum atomic E-state index is 2.64. The molecule has 0 aliphatic rings. The van der Waals surface area contributed by atoms with E-state index >= 15 is 0 Å². The average molecular weight is 616 g/mol. The Morgan fingerprint density at radius 1 is 0.386 bits per heavy atom. The molecule has 0 saturated carbocycles. The molecular formula is C42H83N2+. The highest BCUT2D eigenvalue weighted by molar-refractivity contribution is 4.84. The summed E-state index contributed by atoms with van der Waals surface area (Å²) in [4.78, 5) is 0. The molecule has 1 aromatic rings. The van der Waals surface area contributed by atoms with Crippen molar-refractivity contribution in [2.75, 3.05) is 0 Å². The number of aryl methyl sites for hydroxylation is 2. The van der Waals surface area contributed by atoms with Crippen molar-refractivity contribution in [1.29, 1.82) is 0 Å². The molecule has 0 saturated heterocycles. The van der Waals surface area contributed by atoms with Crippen LogP contribution in [-0.2, 0) is 19.5 Å². The molecule has 0 aliphatic heterocycles. The van der Waals surface area contributed by atoms with E-state index in [1.807, 2.05) is 0 Å². The van der Waals surface area contributed by atoms with Crippen LogP contribution in [0.2, 0.25) is 0 Å². The molecule has 0 radical (unpaired) electrons. The van der Waals surface area contributed by atoms with Gasteiger partial charge in [0.1, 0.15) is 12.4 Å². The van der Waals surface area contributed by atoms with Gasteiger partial charge in [0, 0.05) is 6.42 Å². The van der Waals surface area contributed by atoms with Crippen LogP contribution in [-0.4, -0.2) is 4.57 Å². The minimum Gasteiger partial charge on any atom is -0.234 e. The van der Waals surface area contributed by atoms with Crippen LogP contribution in [0.1, 0.15) is 238 Å². The number of nitrogens with zero attached hydrogens (tertiary/aromatic N) is 2. The Morgan fingerprint density at radius 2 is 0.705 bits per heavy atom. The van der Waals surface area contributed by atoms with E-state index in [-0.39, 0.29) is 0 Å². The fraction of sp³-hybridized carbons (Fsp3) is 0.929. The Hall–Kier alpha value is -0.790. The Bertz CT molecular complexity index is 677. The number of aromatic nitrogens is 2. The summed E-state index contributed by atoms with van der Waals surface area (Å²) >= 11 is 0. The molecule has 0 unspecified atom stereocenters. The Balaban J connectivity index is 2.24. The van der Waals surface area contributed by atoms with Gasteiger partial charge >= 0.3 is 0 Å². The molecule has 0 aromatic carbocycles. The Labute approximate surface area is 279 Å². The zero-order valence-electron chi connectivity index (χ0n) is 31.0. The summed E-state index contributed by atoms with van der Waals surface area (Å²) < 4.78 is 5.27. The van der Waals surface area contributed by atoms with Gasteiger partial charge in [0.25, 0.3) is 5.82 Å². The maximum absolute atomic E-state index is 2.64. The first-order chi connectivity index (χ1) is 21.8. The van der Waals surface area contributed by atoms with Crippen LogP contribution < -0.4 is 4.57 Å². The number of imidazole rings is 1. The molecule has 0 fully saturated rings. The van der Waals surface area contributed by atoms with Gasteiger partial charge in [-0.1, -0.05) is 201 Å². The lowest BCUT2D eigenvalue weighted by atomic mass is 10.0. The van der Waals surface area contributed by atoms with Crippen LogP contribution in [0, 0.1) is 0 Å². The molecule has 0 aliphatic carbocycles. The number of hydrogen-bond acceptors (Lipinski definition) is 0. The second-order valence-electron chi connectivity index (χ2n) is 14.5. The second-order valence-corrected chi connectivity index (χ2v) is 14.5. The highest BCUT2D eigenvalue weighted by Gasteiger charge is 2.16. The van der Waals surface area contributed by atoms with E-state index in [0.717, 1.165) is 0 Å². The van der Waals surface area contributed by atoms with Gasteiger partial charge in [-0.25, -0.2) is 9.13 Å². The SMILES string of the molecule is CCCCCCCCCCCCCCCCCCc1n(CCCCCCCCCC)cc[n+]1CCCCCCCCCCC. The lowest BCUT2D eigenvalue weighted by molar-refractivity contribution is -0.704. The van der Waals surface area contributed by atoms with Crippen molar-refractivity contribution in [2.45, 2.75) is 252 Å². The predicted octanol–water partition coefficient (Wildman–Crippen LogP) is 14.3. The van der Waals surface area contributed by atoms with Gasteiger partial charge in [0.05, 0.1) is 13.1 Å². The fourth-order valence-electron chi connectivity index (χ4n) is 7.03. The van der Waals surface area contributed by atoms with E-state index in [9.17, 15) is 0 Å². The highest BCUT2D eigenvalue weighted by Crippen LogP contribution is 2.16. The van der Waals surface area contributed by atoms with E-state index in [1.165, 1.54) is 231 Å². The van der Waals surface area contributed by atoms with Gasteiger partial charge in [-0.15, -0.1) is 0 Å². The van der Waals surface area contributed by atoms with Crippen LogP contribution in [0.25, 0.3) is 0 Å². The molecule has 0 atom stereocenters. The first kappa shape index (κ1) is 41.2. The zero-order valence-corrected chi connectivity index (χ0v) is 31.0. The zero-order chi connectivity index (χ0) is 31.6. The van der Waals surface area contributed by atoms with Crippen LogP contribution >= 0.6 is 0 Å².